The van der Waals surface area contributed by atoms with Gasteiger partial charge < -0.3 is 5.11 Å². The lowest BCUT2D eigenvalue weighted by Gasteiger charge is -2.42. The van der Waals surface area contributed by atoms with Gasteiger partial charge in [0, 0.05) is 18.8 Å². The van der Waals surface area contributed by atoms with Gasteiger partial charge in [-0.3, -0.25) is 4.98 Å². The van der Waals surface area contributed by atoms with Crippen LogP contribution in [0.5, 0.6) is 0 Å². The second-order valence-corrected chi connectivity index (χ2v) is 5.29. The Morgan fingerprint density at radius 1 is 1.38 bits per heavy atom. The molecule has 2 heteroatoms. The van der Waals surface area contributed by atoms with E-state index in [0.29, 0.717) is 11.8 Å². The van der Waals surface area contributed by atoms with Crippen LogP contribution in [0.25, 0.3) is 0 Å². The van der Waals surface area contributed by atoms with Gasteiger partial charge in [0.15, 0.2) is 0 Å². The van der Waals surface area contributed by atoms with E-state index in [-0.39, 0.29) is 0 Å². The fourth-order valence-corrected chi connectivity index (χ4v) is 2.84. The Labute approximate surface area is 97.7 Å². The van der Waals surface area contributed by atoms with Crippen molar-refractivity contribution >= 4 is 0 Å². The molecule has 2 nitrogen and oxygen atoms in total. The van der Waals surface area contributed by atoms with Crippen molar-refractivity contribution in [3.8, 4) is 0 Å². The summed E-state index contributed by atoms with van der Waals surface area (Å²) in [4.78, 5) is 4.01. The van der Waals surface area contributed by atoms with Gasteiger partial charge in [0.25, 0.3) is 0 Å². The lowest BCUT2D eigenvalue weighted by Crippen LogP contribution is -2.44. The van der Waals surface area contributed by atoms with Crippen molar-refractivity contribution in [2.75, 3.05) is 0 Å². The summed E-state index contributed by atoms with van der Waals surface area (Å²) in [6.07, 6.45) is 7.69. The van der Waals surface area contributed by atoms with Gasteiger partial charge in [-0.1, -0.05) is 26.7 Å². The van der Waals surface area contributed by atoms with Crippen LogP contribution in [0.15, 0.2) is 24.5 Å². The molecule has 0 aliphatic heterocycles. The topological polar surface area (TPSA) is 33.1 Å². The zero-order valence-corrected chi connectivity index (χ0v) is 10.2. The molecule has 1 N–H and O–H groups in total. The fourth-order valence-electron chi connectivity index (χ4n) is 2.84. The highest BCUT2D eigenvalue weighted by atomic mass is 16.3. The molecular weight excluding hydrogens is 198 g/mol. The third-order valence-corrected chi connectivity index (χ3v) is 4.23. The van der Waals surface area contributed by atoms with E-state index in [2.05, 4.69) is 18.8 Å². The van der Waals surface area contributed by atoms with Gasteiger partial charge in [0.1, 0.15) is 0 Å². The number of aromatic nitrogens is 1. The number of hydrogen-bond acceptors (Lipinski definition) is 2. The third-order valence-electron chi connectivity index (χ3n) is 4.23. The Bertz CT molecular complexity index is 338. The Morgan fingerprint density at radius 3 is 2.75 bits per heavy atom. The summed E-state index contributed by atoms with van der Waals surface area (Å²) in [5.41, 5.74) is 0.678. The molecule has 88 valence electrons. The number of rotatable bonds is 2. The van der Waals surface area contributed by atoms with E-state index in [1.165, 1.54) is 12.0 Å². The summed E-state index contributed by atoms with van der Waals surface area (Å²) in [6.45, 7) is 4.44. The SMILES string of the molecule is CC1CCCC(O)(Cc2ccncc2)C1C. The zero-order valence-electron chi connectivity index (χ0n) is 10.2. The molecule has 3 atom stereocenters. The number of pyridine rings is 1. The quantitative estimate of drug-likeness (QED) is 0.829. The molecule has 0 bridgehead atoms. The highest BCUT2D eigenvalue weighted by molar-refractivity contribution is 5.14. The Hall–Kier alpha value is -0.890. The third kappa shape index (κ3) is 2.27. The highest BCUT2D eigenvalue weighted by Crippen LogP contribution is 2.39. The van der Waals surface area contributed by atoms with E-state index in [4.69, 9.17) is 0 Å². The second-order valence-electron chi connectivity index (χ2n) is 5.29. The lowest BCUT2D eigenvalue weighted by molar-refractivity contribution is -0.0620. The first-order chi connectivity index (χ1) is 7.62. The molecule has 1 saturated carbocycles. The van der Waals surface area contributed by atoms with Crippen LogP contribution < -0.4 is 0 Å². The van der Waals surface area contributed by atoms with E-state index in [1.807, 2.05) is 12.1 Å². The summed E-state index contributed by atoms with van der Waals surface area (Å²) in [5, 5.41) is 10.7. The maximum Gasteiger partial charge on any atom is 0.0715 e. The van der Waals surface area contributed by atoms with Crippen LogP contribution in [-0.2, 0) is 6.42 Å². The lowest BCUT2D eigenvalue weighted by atomic mass is 9.68. The molecule has 2 rings (SSSR count). The molecular formula is C14H21NO. The van der Waals surface area contributed by atoms with Crippen LogP contribution in [0, 0.1) is 11.8 Å². The molecule has 0 radical (unpaired) electrons. The minimum Gasteiger partial charge on any atom is -0.389 e. The van der Waals surface area contributed by atoms with E-state index < -0.39 is 5.60 Å². The van der Waals surface area contributed by atoms with E-state index in [1.54, 1.807) is 12.4 Å². The fraction of sp³-hybridized carbons (Fsp3) is 0.643. The first-order valence-electron chi connectivity index (χ1n) is 6.23. The summed E-state index contributed by atoms with van der Waals surface area (Å²) in [6, 6.07) is 4.01. The first kappa shape index (κ1) is 11.6. The Balaban J connectivity index is 2.13. The van der Waals surface area contributed by atoms with E-state index in [0.717, 1.165) is 19.3 Å². The molecule has 1 fully saturated rings. The average molecular weight is 219 g/mol. The molecule has 1 aliphatic rings. The van der Waals surface area contributed by atoms with Gasteiger partial charge in [-0.2, -0.15) is 0 Å². The van der Waals surface area contributed by atoms with Crippen molar-refractivity contribution in [2.45, 2.75) is 45.1 Å². The monoisotopic (exact) mass is 219 g/mol. The summed E-state index contributed by atoms with van der Waals surface area (Å²) in [5.74, 6) is 1.01. The van der Waals surface area contributed by atoms with Crippen molar-refractivity contribution in [1.29, 1.82) is 0 Å². The zero-order chi connectivity index (χ0) is 11.6. The number of hydrogen-bond donors (Lipinski definition) is 1. The van der Waals surface area contributed by atoms with Crippen LogP contribution in [-0.4, -0.2) is 15.7 Å². The number of aliphatic hydroxyl groups is 1. The minimum atomic E-state index is -0.515. The maximum atomic E-state index is 10.7. The standard InChI is InChI=1S/C14H21NO/c1-11-4-3-7-14(16,12(11)2)10-13-5-8-15-9-6-13/h5-6,8-9,11-12,16H,3-4,7,10H2,1-2H3. The van der Waals surface area contributed by atoms with Gasteiger partial charge in [0.05, 0.1) is 5.60 Å². The first-order valence-corrected chi connectivity index (χ1v) is 6.23. The van der Waals surface area contributed by atoms with Crippen molar-refractivity contribution in [3.05, 3.63) is 30.1 Å². The summed E-state index contributed by atoms with van der Waals surface area (Å²) < 4.78 is 0. The molecule has 1 heterocycles. The molecule has 0 spiro atoms. The van der Waals surface area contributed by atoms with Crippen molar-refractivity contribution in [3.63, 3.8) is 0 Å². The van der Waals surface area contributed by atoms with Crippen LogP contribution in [0.2, 0.25) is 0 Å². The largest absolute Gasteiger partial charge is 0.389 e. The second kappa shape index (κ2) is 4.54. The van der Waals surface area contributed by atoms with E-state index >= 15 is 0 Å². The van der Waals surface area contributed by atoms with Crippen LogP contribution in [0.1, 0.15) is 38.7 Å². The normalized spacial score (nSPS) is 34.9. The predicted molar refractivity (Wildman–Crippen MR) is 65.1 cm³/mol. The minimum absolute atomic E-state index is 0.384. The van der Waals surface area contributed by atoms with Gasteiger partial charge in [-0.15, -0.1) is 0 Å². The summed E-state index contributed by atoms with van der Waals surface area (Å²) >= 11 is 0. The van der Waals surface area contributed by atoms with E-state index in [9.17, 15) is 5.11 Å². The van der Waals surface area contributed by atoms with Crippen molar-refractivity contribution in [2.24, 2.45) is 11.8 Å². The molecule has 1 aliphatic carbocycles. The Kier molecular flexibility index (Phi) is 3.29. The molecule has 0 aromatic carbocycles. The molecule has 1 aromatic heterocycles. The predicted octanol–water partition coefficient (Wildman–Crippen LogP) is 2.81. The van der Waals surface area contributed by atoms with Gasteiger partial charge >= 0.3 is 0 Å². The van der Waals surface area contributed by atoms with Gasteiger partial charge in [-0.05, 0) is 36.0 Å². The van der Waals surface area contributed by atoms with Gasteiger partial charge in [0.2, 0.25) is 0 Å². The van der Waals surface area contributed by atoms with Crippen LogP contribution >= 0.6 is 0 Å². The highest BCUT2D eigenvalue weighted by Gasteiger charge is 2.39. The van der Waals surface area contributed by atoms with Crippen molar-refractivity contribution < 1.29 is 5.11 Å². The Morgan fingerprint density at radius 2 is 2.06 bits per heavy atom. The molecule has 16 heavy (non-hydrogen) atoms. The summed E-state index contributed by atoms with van der Waals surface area (Å²) in [7, 11) is 0. The maximum absolute atomic E-state index is 10.7. The average Bonchev–Trinajstić information content (AvgIpc) is 2.27. The smallest absolute Gasteiger partial charge is 0.0715 e. The van der Waals surface area contributed by atoms with Gasteiger partial charge in [-0.25, -0.2) is 0 Å². The molecule has 1 aromatic rings. The van der Waals surface area contributed by atoms with Crippen molar-refractivity contribution in [1.82, 2.24) is 4.98 Å². The molecule has 3 unspecified atom stereocenters. The van der Waals surface area contributed by atoms with Crippen LogP contribution in [0.4, 0.5) is 0 Å². The molecule has 0 amide bonds. The van der Waals surface area contributed by atoms with Crippen LogP contribution in [0.3, 0.4) is 0 Å². The molecule has 0 saturated heterocycles. The number of nitrogens with zero attached hydrogens (tertiary/aromatic N) is 1.